The Balaban J connectivity index is 1.65. The fourth-order valence-corrected chi connectivity index (χ4v) is 3.56. The van der Waals surface area contributed by atoms with Crippen molar-refractivity contribution in [2.45, 2.75) is 50.8 Å². The molecule has 0 radical (unpaired) electrons. The van der Waals surface area contributed by atoms with Crippen molar-refractivity contribution in [2.75, 3.05) is 0 Å². The lowest BCUT2D eigenvalue weighted by Crippen LogP contribution is -2.53. The van der Waals surface area contributed by atoms with Gasteiger partial charge in [-0.25, -0.2) is 4.79 Å². The average molecular weight is 296 g/mol. The van der Waals surface area contributed by atoms with Crippen LogP contribution in [0.3, 0.4) is 0 Å². The normalized spacial score (nSPS) is 23.6. The van der Waals surface area contributed by atoms with Crippen molar-refractivity contribution in [2.24, 2.45) is 0 Å². The summed E-state index contributed by atoms with van der Waals surface area (Å²) in [6, 6.07) is 12.2. The zero-order valence-electron chi connectivity index (χ0n) is 12.6. The summed E-state index contributed by atoms with van der Waals surface area (Å²) >= 11 is 0. The van der Waals surface area contributed by atoms with Gasteiger partial charge >= 0.3 is 6.09 Å². The van der Waals surface area contributed by atoms with Crippen molar-refractivity contribution in [1.29, 1.82) is 5.26 Å². The summed E-state index contributed by atoms with van der Waals surface area (Å²) < 4.78 is 5.50. The average Bonchev–Trinajstić information content (AvgIpc) is 2.53. The summed E-state index contributed by atoms with van der Waals surface area (Å²) in [5, 5.41) is 8.84. The quantitative estimate of drug-likeness (QED) is 0.780. The van der Waals surface area contributed by atoms with Gasteiger partial charge in [0.05, 0.1) is 6.07 Å². The highest BCUT2D eigenvalue weighted by Crippen LogP contribution is 2.37. The third kappa shape index (κ3) is 3.14. The molecule has 4 heteroatoms. The number of rotatable bonds is 2. The van der Waals surface area contributed by atoms with Gasteiger partial charge in [0, 0.05) is 18.2 Å². The molecule has 0 N–H and O–H groups in total. The topological polar surface area (TPSA) is 53.3 Å². The molecule has 2 saturated heterocycles. The van der Waals surface area contributed by atoms with E-state index in [1.807, 2.05) is 35.2 Å². The molecule has 4 nitrogen and oxygen atoms in total. The lowest BCUT2D eigenvalue weighted by Gasteiger charge is -2.46. The smallest absolute Gasteiger partial charge is 0.410 e. The van der Waals surface area contributed by atoms with Gasteiger partial charge < -0.3 is 9.64 Å². The van der Waals surface area contributed by atoms with E-state index in [1.54, 1.807) is 6.08 Å². The highest BCUT2D eigenvalue weighted by Gasteiger charge is 2.39. The molecule has 0 saturated carbocycles. The zero-order valence-corrected chi connectivity index (χ0v) is 12.6. The molecule has 2 aliphatic heterocycles. The number of nitriles is 1. The molecular weight excluding hydrogens is 276 g/mol. The minimum absolute atomic E-state index is 0.190. The number of carbonyl (C=O) groups is 1. The monoisotopic (exact) mass is 296 g/mol. The van der Waals surface area contributed by atoms with Crippen LogP contribution in [0.2, 0.25) is 0 Å². The van der Waals surface area contributed by atoms with Crippen LogP contribution < -0.4 is 0 Å². The van der Waals surface area contributed by atoms with E-state index < -0.39 is 0 Å². The predicted octanol–water partition coefficient (Wildman–Crippen LogP) is 3.79. The summed E-state index contributed by atoms with van der Waals surface area (Å²) in [7, 11) is 0. The third-order valence-corrected chi connectivity index (χ3v) is 4.54. The summed E-state index contributed by atoms with van der Waals surface area (Å²) in [6.45, 7) is 0.316. The van der Waals surface area contributed by atoms with Crippen molar-refractivity contribution in [1.82, 2.24) is 4.90 Å². The first-order valence-corrected chi connectivity index (χ1v) is 7.84. The Labute approximate surface area is 131 Å². The van der Waals surface area contributed by atoms with Gasteiger partial charge in [-0.15, -0.1) is 0 Å². The van der Waals surface area contributed by atoms with Crippen molar-refractivity contribution >= 4 is 6.09 Å². The molecule has 114 valence electrons. The molecule has 2 heterocycles. The third-order valence-electron chi connectivity index (χ3n) is 4.54. The van der Waals surface area contributed by atoms with Gasteiger partial charge in [-0.05, 0) is 37.7 Å². The highest BCUT2D eigenvalue weighted by molar-refractivity contribution is 5.69. The number of benzene rings is 1. The van der Waals surface area contributed by atoms with Crippen LogP contribution in [0.25, 0.3) is 0 Å². The molecule has 3 rings (SSSR count). The number of nitrogens with zero attached hydrogens (tertiary/aromatic N) is 2. The van der Waals surface area contributed by atoms with Crippen LogP contribution in [0.1, 0.15) is 37.7 Å². The summed E-state index contributed by atoms with van der Waals surface area (Å²) in [5.41, 5.74) is 2.17. The first-order chi connectivity index (χ1) is 10.8. The van der Waals surface area contributed by atoms with Crippen LogP contribution in [0.4, 0.5) is 4.79 Å². The van der Waals surface area contributed by atoms with Gasteiger partial charge in [-0.1, -0.05) is 35.9 Å². The molecule has 2 fully saturated rings. The molecule has 2 atom stereocenters. The Morgan fingerprint density at radius 1 is 1.27 bits per heavy atom. The number of fused-ring (bicyclic) bond motifs is 2. The maximum Gasteiger partial charge on any atom is 0.410 e. The number of carbonyl (C=O) groups excluding carboxylic acids is 1. The second kappa shape index (κ2) is 6.65. The Hall–Kier alpha value is -2.28. The molecule has 2 aliphatic rings. The zero-order chi connectivity index (χ0) is 15.4. The minimum atomic E-state index is -0.213. The maximum atomic E-state index is 12.5. The molecule has 2 unspecified atom stereocenters. The van der Waals surface area contributed by atoms with E-state index in [0.717, 1.165) is 37.7 Å². The summed E-state index contributed by atoms with van der Waals surface area (Å²) in [4.78, 5) is 14.4. The molecule has 2 bridgehead atoms. The number of hydrogen-bond acceptors (Lipinski definition) is 3. The van der Waals surface area contributed by atoms with Gasteiger partial charge in [0.1, 0.15) is 6.61 Å². The molecule has 0 aromatic heterocycles. The van der Waals surface area contributed by atoms with Crippen molar-refractivity contribution < 1.29 is 9.53 Å². The van der Waals surface area contributed by atoms with E-state index >= 15 is 0 Å². The summed E-state index contributed by atoms with van der Waals surface area (Å²) in [6.07, 6.45) is 6.21. The SMILES string of the molecule is N#CC=C1CC2CCCC(C1)N2C(=O)OCc1ccccc1. The van der Waals surface area contributed by atoms with Gasteiger partial charge in [0.15, 0.2) is 0 Å². The van der Waals surface area contributed by atoms with E-state index in [0.29, 0.717) is 6.61 Å². The number of amides is 1. The van der Waals surface area contributed by atoms with Crippen LogP contribution >= 0.6 is 0 Å². The molecule has 0 aliphatic carbocycles. The minimum Gasteiger partial charge on any atom is -0.445 e. The van der Waals surface area contributed by atoms with E-state index in [4.69, 9.17) is 10.00 Å². The number of ether oxygens (including phenoxy) is 1. The molecule has 1 aromatic rings. The van der Waals surface area contributed by atoms with Gasteiger partial charge in [0.25, 0.3) is 0 Å². The Morgan fingerprint density at radius 3 is 2.59 bits per heavy atom. The standard InChI is InChI=1S/C18H20N2O2/c19-10-9-15-11-16-7-4-8-17(12-15)20(16)18(21)22-13-14-5-2-1-3-6-14/h1-3,5-6,9,16-17H,4,7-8,11-13H2. The lowest BCUT2D eigenvalue weighted by molar-refractivity contribution is 0.0313. The van der Waals surface area contributed by atoms with Crippen LogP contribution in [0, 0.1) is 11.3 Å². The molecular formula is C18H20N2O2. The van der Waals surface area contributed by atoms with Crippen LogP contribution in [0.5, 0.6) is 0 Å². The van der Waals surface area contributed by atoms with Gasteiger partial charge in [0.2, 0.25) is 0 Å². The molecule has 1 amide bonds. The Morgan fingerprint density at radius 2 is 1.95 bits per heavy atom. The van der Waals surface area contributed by atoms with Crippen molar-refractivity contribution in [3.8, 4) is 6.07 Å². The van der Waals surface area contributed by atoms with Crippen LogP contribution in [-0.4, -0.2) is 23.1 Å². The molecule has 1 aromatic carbocycles. The summed E-state index contributed by atoms with van der Waals surface area (Å²) in [5.74, 6) is 0. The Bertz CT molecular complexity index is 587. The number of hydrogen-bond donors (Lipinski definition) is 0. The molecule has 22 heavy (non-hydrogen) atoms. The second-order valence-corrected chi connectivity index (χ2v) is 6.03. The first kappa shape index (κ1) is 14.6. The fourth-order valence-electron chi connectivity index (χ4n) is 3.56. The van der Waals surface area contributed by atoms with E-state index in [2.05, 4.69) is 6.07 Å². The fraction of sp³-hybridized carbons (Fsp3) is 0.444. The first-order valence-electron chi connectivity index (χ1n) is 7.84. The number of piperidine rings is 2. The van der Waals surface area contributed by atoms with Crippen LogP contribution in [-0.2, 0) is 11.3 Å². The Kier molecular flexibility index (Phi) is 4.43. The lowest BCUT2D eigenvalue weighted by atomic mass is 9.82. The van der Waals surface area contributed by atoms with Gasteiger partial charge in [-0.2, -0.15) is 5.26 Å². The maximum absolute atomic E-state index is 12.5. The largest absolute Gasteiger partial charge is 0.445 e. The van der Waals surface area contributed by atoms with Crippen molar-refractivity contribution in [3.05, 3.63) is 47.5 Å². The van der Waals surface area contributed by atoms with E-state index in [9.17, 15) is 4.79 Å². The highest BCUT2D eigenvalue weighted by atomic mass is 16.6. The van der Waals surface area contributed by atoms with E-state index in [-0.39, 0.29) is 18.2 Å². The van der Waals surface area contributed by atoms with Crippen molar-refractivity contribution in [3.63, 3.8) is 0 Å². The van der Waals surface area contributed by atoms with E-state index in [1.165, 1.54) is 5.57 Å². The number of allylic oxidation sites excluding steroid dienone is 1. The second-order valence-electron chi connectivity index (χ2n) is 6.03. The van der Waals surface area contributed by atoms with Crippen LogP contribution in [0.15, 0.2) is 42.0 Å². The van der Waals surface area contributed by atoms with Gasteiger partial charge in [-0.3, -0.25) is 0 Å². The predicted molar refractivity (Wildman–Crippen MR) is 82.8 cm³/mol. The molecule has 0 spiro atoms.